The van der Waals surface area contributed by atoms with Crippen LogP contribution >= 0.6 is 35.0 Å². The molecule has 1 aliphatic heterocycles. The molecule has 0 bridgehead atoms. The number of para-hydroxylation sites is 1. The number of fused-ring (bicyclic) bond motifs is 1. The molecule has 1 fully saturated rings. The Morgan fingerprint density at radius 3 is 2.31 bits per heavy atom. The first kappa shape index (κ1) is 24.1. The lowest BCUT2D eigenvalue weighted by Gasteiger charge is -2.14. The highest BCUT2D eigenvalue weighted by molar-refractivity contribution is 8.18. The van der Waals surface area contributed by atoms with Crippen LogP contribution in [-0.4, -0.2) is 25.5 Å². The molecule has 1 aliphatic rings. The second-order valence-electron chi connectivity index (χ2n) is 8.12. The smallest absolute Gasteiger partial charge is 0.293 e. The average Bonchev–Trinajstić information content (AvgIpc) is 3.33. The average molecular weight is 538 g/mol. The van der Waals surface area contributed by atoms with E-state index in [1.807, 2.05) is 35.0 Å². The van der Waals surface area contributed by atoms with Gasteiger partial charge in [0.1, 0.15) is 0 Å². The second-order valence-corrected chi connectivity index (χ2v) is 9.93. The molecule has 7 nitrogen and oxygen atoms in total. The van der Waals surface area contributed by atoms with Gasteiger partial charge in [0.05, 0.1) is 16.4 Å². The van der Waals surface area contributed by atoms with Crippen molar-refractivity contribution in [1.29, 1.82) is 0 Å². The third-order valence-electron chi connectivity index (χ3n) is 5.86. The predicted octanol–water partition coefficient (Wildman–Crippen LogP) is 7.14. The molecule has 2 heterocycles. The van der Waals surface area contributed by atoms with Gasteiger partial charge < -0.3 is 4.57 Å². The Bertz CT molecular complexity index is 1540. The molecule has 2 amide bonds. The molecule has 0 radical (unpaired) electrons. The molecule has 0 unspecified atom stereocenters. The molecule has 0 spiro atoms. The normalized spacial score (nSPS) is 14.8. The fourth-order valence-electron chi connectivity index (χ4n) is 4.06. The minimum absolute atomic E-state index is 0.0115. The summed E-state index contributed by atoms with van der Waals surface area (Å²) in [6.45, 7) is 0.473. The molecule has 1 saturated heterocycles. The number of nitro benzene ring substituents is 1. The summed E-state index contributed by atoms with van der Waals surface area (Å²) in [4.78, 5) is 37.8. The quantitative estimate of drug-likeness (QED) is 0.148. The van der Waals surface area contributed by atoms with Crippen molar-refractivity contribution >= 4 is 68.8 Å². The zero-order valence-corrected chi connectivity index (χ0v) is 20.9. The summed E-state index contributed by atoms with van der Waals surface area (Å²) in [5, 5.41) is 12.2. The Morgan fingerprint density at radius 1 is 0.917 bits per heavy atom. The van der Waals surface area contributed by atoms with Crippen molar-refractivity contribution in [1.82, 2.24) is 9.47 Å². The molecule has 4 aromatic rings. The van der Waals surface area contributed by atoms with Crippen LogP contribution in [0.1, 0.15) is 16.7 Å². The summed E-state index contributed by atoms with van der Waals surface area (Å²) in [5.74, 6) is -0.409. The first-order valence-electron chi connectivity index (χ1n) is 10.8. The van der Waals surface area contributed by atoms with Gasteiger partial charge in [-0.1, -0.05) is 59.6 Å². The van der Waals surface area contributed by atoms with Gasteiger partial charge in [0.2, 0.25) is 0 Å². The molecular formula is C26H17Cl2N3O4S. The maximum Gasteiger partial charge on any atom is 0.293 e. The number of halogens is 2. The van der Waals surface area contributed by atoms with Crippen LogP contribution in [-0.2, 0) is 17.9 Å². The van der Waals surface area contributed by atoms with E-state index in [1.165, 1.54) is 12.1 Å². The molecular weight excluding hydrogens is 521 g/mol. The van der Waals surface area contributed by atoms with Gasteiger partial charge in [-0.15, -0.1) is 0 Å². The van der Waals surface area contributed by atoms with Crippen LogP contribution in [0.25, 0.3) is 17.0 Å². The van der Waals surface area contributed by atoms with E-state index in [9.17, 15) is 19.7 Å². The number of hydrogen-bond donors (Lipinski definition) is 0. The van der Waals surface area contributed by atoms with Crippen LogP contribution in [0.3, 0.4) is 0 Å². The summed E-state index contributed by atoms with van der Waals surface area (Å²) in [7, 11) is 0. The van der Waals surface area contributed by atoms with E-state index >= 15 is 0 Å². The fraction of sp³-hybridized carbons (Fsp3) is 0.0769. The van der Waals surface area contributed by atoms with Crippen LogP contribution in [0.5, 0.6) is 0 Å². The Hall–Kier alpha value is -3.59. The molecule has 0 N–H and O–H groups in total. The molecule has 0 atom stereocenters. The van der Waals surface area contributed by atoms with E-state index in [0.29, 0.717) is 27.1 Å². The van der Waals surface area contributed by atoms with E-state index in [2.05, 4.69) is 0 Å². The van der Waals surface area contributed by atoms with Crippen LogP contribution in [0.15, 0.2) is 77.8 Å². The maximum atomic E-state index is 13.1. The van der Waals surface area contributed by atoms with E-state index in [-0.39, 0.29) is 12.2 Å². The first-order valence-corrected chi connectivity index (χ1v) is 12.4. The molecule has 5 rings (SSSR count). The van der Waals surface area contributed by atoms with Crippen molar-refractivity contribution in [2.24, 2.45) is 0 Å². The molecule has 0 aliphatic carbocycles. The predicted molar refractivity (Wildman–Crippen MR) is 142 cm³/mol. The minimum atomic E-state index is -0.431. The van der Waals surface area contributed by atoms with Crippen LogP contribution < -0.4 is 0 Å². The highest BCUT2D eigenvalue weighted by Gasteiger charge is 2.36. The van der Waals surface area contributed by atoms with E-state index in [4.69, 9.17) is 23.2 Å². The van der Waals surface area contributed by atoms with Gasteiger partial charge in [-0.2, -0.15) is 0 Å². The highest BCUT2D eigenvalue weighted by atomic mass is 35.5. The first-order chi connectivity index (χ1) is 17.3. The zero-order valence-electron chi connectivity index (χ0n) is 18.6. The summed E-state index contributed by atoms with van der Waals surface area (Å²) >= 11 is 13.3. The highest BCUT2D eigenvalue weighted by Crippen LogP contribution is 2.37. The summed E-state index contributed by atoms with van der Waals surface area (Å²) in [6, 6.07) is 19.1. The Labute approximate surface area is 220 Å². The van der Waals surface area contributed by atoms with Crippen molar-refractivity contribution in [2.45, 2.75) is 13.1 Å². The van der Waals surface area contributed by atoms with E-state index in [1.54, 1.807) is 36.4 Å². The van der Waals surface area contributed by atoms with Gasteiger partial charge in [-0.25, -0.2) is 0 Å². The number of thioether (sulfide) groups is 1. The third kappa shape index (κ3) is 4.63. The maximum absolute atomic E-state index is 13.1. The van der Waals surface area contributed by atoms with Crippen molar-refractivity contribution < 1.29 is 14.5 Å². The second kappa shape index (κ2) is 9.81. The van der Waals surface area contributed by atoms with Crippen LogP contribution in [0.2, 0.25) is 10.0 Å². The molecule has 36 heavy (non-hydrogen) atoms. The van der Waals surface area contributed by atoms with Gasteiger partial charge in [0.25, 0.3) is 16.8 Å². The zero-order chi connectivity index (χ0) is 25.4. The minimum Gasteiger partial charge on any atom is -0.342 e. The lowest BCUT2D eigenvalue weighted by atomic mass is 10.1. The van der Waals surface area contributed by atoms with Crippen molar-refractivity contribution in [2.75, 3.05) is 0 Å². The van der Waals surface area contributed by atoms with Crippen LogP contribution in [0.4, 0.5) is 10.5 Å². The number of nitrogens with zero attached hydrogens (tertiary/aromatic N) is 3. The van der Waals surface area contributed by atoms with Gasteiger partial charge in [0.15, 0.2) is 0 Å². The summed E-state index contributed by atoms with van der Waals surface area (Å²) in [5.41, 5.74) is 3.16. The number of amides is 2. The van der Waals surface area contributed by atoms with Crippen molar-refractivity contribution in [3.05, 3.63) is 115 Å². The molecule has 10 heteroatoms. The Morgan fingerprint density at radius 2 is 1.61 bits per heavy atom. The van der Waals surface area contributed by atoms with Crippen LogP contribution in [0, 0.1) is 10.1 Å². The number of hydrogen-bond acceptors (Lipinski definition) is 5. The number of imide groups is 1. The molecule has 180 valence electrons. The Kier molecular flexibility index (Phi) is 6.57. The van der Waals surface area contributed by atoms with Crippen molar-refractivity contribution in [3.8, 4) is 0 Å². The van der Waals surface area contributed by atoms with Gasteiger partial charge >= 0.3 is 0 Å². The molecule has 1 aromatic heterocycles. The van der Waals surface area contributed by atoms with Gasteiger partial charge in [0, 0.05) is 56.9 Å². The number of aromatic nitrogens is 1. The van der Waals surface area contributed by atoms with Crippen molar-refractivity contribution in [3.63, 3.8) is 0 Å². The van der Waals surface area contributed by atoms with Gasteiger partial charge in [-0.05, 0) is 41.6 Å². The fourth-order valence-corrected chi connectivity index (χ4v) is 5.41. The number of benzene rings is 3. The SMILES string of the molecule is O=C1S/C(=C\c2cn(Cc3ccc([N+](=O)[O-])cc3)c3ccccc23)C(=O)N1Cc1c(Cl)cccc1Cl. The van der Waals surface area contributed by atoms with E-state index < -0.39 is 16.1 Å². The lowest BCUT2D eigenvalue weighted by Crippen LogP contribution is -2.27. The summed E-state index contributed by atoms with van der Waals surface area (Å²) in [6.07, 6.45) is 3.62. The standard InChI is InChI=1S/C26H17Cl2N3O4S/c27-21-5-3-6-22(28)20(21)15-30-25(32)24(36-26(30)33)12-17-14-29(23-7-2-1-4-19(17)23)13-16-8-10-18(11-9-16)31(34)35/h1-12,14H,13,15H2/b24-12-. The van der Waals surface area contributed by atoms with E-state index in [0.717, 1.165) is 38.7 Å². The number of rotatable bonds is 6. The Balaban J connectivity index is 1.45. The lowest BCUT2D eigenvalue weighted by molar-refractivity contribution is -0.384. The topological polar surface area (TPSA) is 85.5 Å². The number of carbonyl (C=O) groups is 2. The largest absolute Gasteiger partial charge is 0.342 e. The summed E-state index contributed by atoms with van der Waals surface area (Å²) < 4.78 is 2.01. The molecule has 3 aromatic carbocycles. The monoisotopic (exact) mass is 537 g/mol. The third-order valence-corrected chi connectivity index (χ3v) is 7.47. The number of nitro groups is 1. The number of carbonyl (C=O) groups excluding carboxylic acids is 2. The number of non-ortho nitro benzene ring substituents is 1. The molecule has 0 saturated carbocycles. The van der Waals surface area contributed by atoms with Gasteiger partial charge in [-0.3, -0.25) is 24.6 Å².